The molecule has 1 unspecified atom stereocenters. The molecule has 0 radical (unpaired) electrons. The minimum atomic E-state index is -0.699. The Bertz CT molecular complexity index is 504. The number of nitrogen functional groups attached to an aromatic ring is 1. The summed E-state index contributed by atoms with van der Waals surface area (Å²) < 4.78 is 0. The summed E-state index contributed by atoms with van der Waals surface area (Å²) in [6, 6.07) is 4.88. The maximum absolute atomic E-state index is 11.0. The number of hydrogen-bond acceptors (Lipinski definition) is 6. The largest absolute Gasteiger partial charge is 0.389 e. The van der Waals surface area contributed by atoms with Gasteiger partial charge in [-0.25, -0.2) is 0 Å². The minimum Gasteiger partial charge on any atom is -0.389 e. The number of β-amino-alcohol motifs (C(OH)–C–C–N with tert-alkyl or cyclic N) is 1. The number of benzene rings is 1. The van der Waals surface area contributed by atoms with Gasteiger partial charge in [0.1, 0.15) is 5.69 Å². The third-order valence-electron chi connectivity index (χ3n) is 3.62. The molecule has 1 atom stereocenters. The molecule has 0 aromatic heterocycles. The van der Waals surface area contributed by atoms with E-state index in [1.165, 1.54) is 6.07 Å². The van der Waals surface area contributed by atoms with E-state index in [0.717, 1.165) is 24.9 Å². The van der Waals surface area contributed by atoms with Crippen LogP contribution in [0.25, 0.3) is 0 Å². The molecule has 2 rings (SSSR count). The number of hydrazine groups is 1. The second kappa shape index (κ2) is 5.74. The van der Waals surface area contributed by atoms with Crippen LogP contribution in [0.15, 0.2) is 18.2 Å². The lowest BCUT2D eigenvalue weighted by atomic mass is 9.94. The maximum Gasteiger partial charge on any atom is 0.293 e. The number of nitrogens with one attached hydrogen (secondary N) is 1. The number of piperidine rings is 1. The van der Waals surface area contributed by atoms with Crippen molar-refractivity contribution in [2.45, 2.75) is 31.9 Å². The molecular formula is C13H20N4O3. The second-order valence-electron chi connectivity index (χ2n) is 5.52. The number of para-hydroxylation sites is 1. The number of hydrogen-bond donors (Lipinski definition) is 3. The summed E-state index contributed by atoms with van der Waals surface area (Å²) in [5.41, 5.74) is 2.79. The molecule has 1 aromatic rings. The van der Waals surface area contributed by atoms with Crippen LogP contribution in [0.3, 0.4) is 0 Å². The zero-order chi connectivity index (χ0) is 14.8. The summed E-state index contributed by atoms with van der Waals surface area (Å²) in [5.74, 6) is 5.43. The van der Waals surface area contributed by atoms with Gasteiger partial charge in [0.15, 0.2) is 0 Å². The van der Waals surface area contributed by atoms with Crippen LogP contribution < -0.4 is 11.3 Å². The standard InChI is InChI=1S/C13H20N4O3/c1-13(18)6-3-7-16(9-13)8-10-4-2-5-11(17(19)20)12(10)15-14/h2,4-5,15,18H,3,6-9,14H2,1H3. The molecule has 20 heavy (non-hydrogen) atoms. The third kappa shape index (κ3) is 3.24. The predicted octanol–water partition coefficient (Wildman–Crippen LogP) is 1.23. The van der Waals surface area contributed by atoms with Crippen molar-refractivity contribution in [3.05, 3.63) is 33.9 Å². The van der Waals surface area contributed by atoms with Crippen molar-refractivity contribution in [2.24, 2.45) is 5.84 Å². The van der Waals surface area contributed by atoms with Gasteiger partial charge in [-0.3, -0.25) is 20.9 Å². The highest BCUT2D eigenvalue weighted by Crippen LogP contribution is 2.30. The fraction of sp³-hybridized carbons (Fsp3) is 0.538. The van der Waals surface area contributed by atoms with Crippen LogP contribution in [0.5, 0.6) is 0 Å². The van der Waals surface area contributed by atoms with Crippen molar-refractivity contribution in [3.8, 4) is 0 Å². The fourth-order valence-electron chi connectivity index (χ4n) is 2.74. The van der Waals surface area contributed by atoms with Crippen LogP contribution in [0.1, 0.15) is 25.3 Å². The quantitative estimate of drug-likeness (QED) is 0.435. The van der Waals surface area contributed by atoms with Crippen LogP contribution in [0, 0.1) is 10.1 Å². The monoisotopic (exact) mass is 280 g/mol. The van der Waals surface area contributed by atoms with E-state index in [4.69, 9.17) is 5.84 Å². The number of aliphatic hydroxyl groups is 1. The Morgan fingerprint density at radius 3 is 2.95 bits per heavy atom. The highest BCUT2D eigenvalue weighted by Gasteiger charge is 2.29. The van der Waals surface area contributed by atoms with E-state index in [1.807, 2.05) is 13.0 Å². The highest BCUT2D eigenvalue weighted by molar-refractivity contribution is 5.65. The molecule has 7 heteroatoms. The van der Waals surface area contributed by atoms with Gasteiger partial charge in [-0.2, -0.15) is 0 Å². The molecule has 1 aliphatic rings. The highest BCUT2D eigenvalue weighted by atomic mass is 16.6. The molecule has 1 fully saturated rings. The van der Waals surface area contributed by atoms with Gasteiger partial charge < -0.3 is 10.5 Å². The van der Waals surface area contributed by atoms with Crippen LogP contribution in [-0.2, 0) is 6.54 Å². The lowest BCUT2D eigenvalue weighted by Crippen LogP contribution is -2.45. The fourth-order valence-corrected chi connectivity index (χ4v) is 2.74. The molecular weight excluding hydrogens is 260 g/mol. The van der Waals surface area contributed by atoms with Crippen molar-refractivity contribution >= 4 is 11.4 Å². The molecule has 1 aliphatic heterocycles. The normalized spacial score (nSPS) is 23.6. The molecule has 110 valence electrons. The Hall–Kier alpha value is -1.70. The number of rotatable bonds is 4. The molecule has 0 saturated carbocycles. The molecule has 7 nitrogen and oxygen atoms in total. The number of nitrogens with two attached hydrogens (primary N) is 1. The average Bonchev–Trinajstić information content (AvgIpc) is 2.37. The summed E-state index contributed by atoms with van der Waals surface area (Å²) in [6.07, 6.45) is 1.69. The van der Waals surface area contributed by atoms with Crippen molar-refractivity contribution in [3.63, 3.8) is 0 Å². The van der Waals surface area contributed by atoms with Crippen molar-refractivity contribution in [1.29, 1.82) is 0 Å². The molecule has 0 bridgehead atoms. The van der Waals surface area contributed by atoms with Gasteiger partial charge in [0.05, 0.1) is 10.5 Å². The first-order valence-corrected chi connectivity index (χ1v) is 6.60. The smallest absolute Gasteiger partial charge is 0.293 e. The van der Waals surface area contributed by atoms with Gasteiger partial charge in [0.25, 0.3) is 5.69 Å². The maximum atomic E-state index is 11.0. The summed E-state index contributed by atoms with van der Waals surface area (Å²) >= 11 is 0. The van der Waals surface area contributed by atoms with Gasteiger partial charge in [0, 0.05) is 19.2 Å². The summed E-state index contributed by atoms with van der Waals surface area (Å²) in [4.78, 5) is 12.6. The first-order valence-electron chi connectivity index (χ1n) is 6.60. The summed E-state index contributed by atoms with van der Waals surface area (Å²) in [5, 5.41) is 21.1. The third-order valence-corrected chi connectivity index (χ3v) is 3.62. The lowest BCUT2D eigenvalue weighted by molar-refractivity contribution is -0.384. The molecule has 4 N–H and O–H groups in total. The van der Waals surface area contributed by atoms with E-state index >= 15 is 0 Å². The van der Waals surface area contributed by atoms with Gasteiger partial charge in [-0.1, -0.05) is 12.1 Å². The summed E-state index contributed by atoms with van der Waals surface area (Å²) in [7, 11) is 0. The molecule has 1 aromatic carbocycles. The van der Waals surface area contributed by atoms with Gasteiger partial charge in [0.2, 0.25) is 0 Å². The van der Waals surface area contributed by atoms with E-state index < -0.39 is 10.5 Å². The van der Waals surface area contributed by atoms with Gasteiger partial charge in [-0.05, 0) is 31.9 Å². The Labute approximate surface area is 117 Å². The van der Waals surface area contributed by atoms with E-state index in [-0.39, 0.29) is 5.69 Å². The molecule has 1 heterocycles. The topological polar surface area (TPSA) is 105 Å². The average molecular weight is 280 g/mol. The number of nitrogens with zero attached hydrogens (tertiary/aromatic N) is 2. The zero-order valence-corrected chi connectivity index (χ0v) is 11.5. The van der Waals surface area contributed by atoms with Crippen LogP contribution in [-0.4, -0.2) is 33.6 Å². The van der Waals surface area contributed by atoms with Crippen molar-refractivity contribution in [2.75, 3.05) is 18.5 Å². The van der Waals surface area contributed by atoms with Crippen molar-refractivity contribution < 1.29 is 10.0 Å². The number of nitro groups is 1. The molecule has 0 aliphatic carbocycles. The number of nitro benzene ring substituents is 1. The Morgan fingerprint density at radius 1 is 1.60 bits per heavy atom. The number of likely N-dealkylation sites (tertiary alicyclic amines) is 1. The summed E-state index contributed by atoms with van der Waals surface area (Å²) in [6.45, 7) is 3.76. The first-order chi connectivity index (χ1) is 9.43. The molecule has 0 amide bonds. The van der Waals surface area contributed by atoms with E-state index in [0.29, 0.717) is 18.8 Å². The van der Waals surface area contributed by atoms with Crippen LogP contribution in [0.2, 0.25) is 0 Å². The van der Waals surface area contributed by atoms with Crippen LogP contribution in [0.4, 0.5) is 11.4 Å². The Morgan fingerprint density at radius 2 is 2.35 bits per heavy atom. The van der Waals surface area contributed by atoms with Gasteiger partial charge >= 0.3 is 0 Å². The SMILES string of the molecule is CC1(O)CCCN(Cc2cccc([N+](=O)[O-])c2NN)C1. The minimum absolute atomic E-state index is 0.0335. The Kier molecular flexibility index (Phi) is 4.22. The van der Waals surface area contributed by atoms with Crippen molar-refractivity contribution in [1.82, 2.24) is 4.90 Å². The second-order valence-corrected chi connectivity index (χ2v) is 5.52. The predicted molar refractivity (Wildman–Crippen MR) is 76.0 cm³/mol. The van der Waals surface area contributed by atoms with E-state index in [2.05, 4.69) is 10.3 Å². The molecule has 0 spiro atoms. The molecule has 1 saturated heterocycles. The Balaban J connectivity index is 2.21. The lowest BCUT2D eigenvalue weighted by Gasteiger charge is -2.37. The van der Waals surface area contributed by atoms with Gasteiger partial charge in [-0.15, -0.1) is 0 Å². The van der Waals surface area contributed by atoms with E-state index in [1.54, 1.807) is 6.07 Å². The first kappa shape index (κ1) is 14.7. The van der Waals surface area contributed by atoms with Crippen LogP contribution >= 0.6 is 0 Å². The zero-order valence-electron chi connectivity index (χ0n) is 11.5. The number of anilines is 1. The van der Waals surface area contributed by atoms with E-state index in [9.17, 15) is 15.2 Å².